The fourth-order valence-corrected chi connectivity index (χ4v) is 1.16. The summed E-state index contributed by atoms with van der Waals surface area (Å²) in [5.41, 5.74) is 5.27. The van der Waals surface area contributed by atoms with E-state index in [1.165, 1.54) is 19.2 Å². The molecule has 1 amide bonds. The summed E-state index contributed by atoms with van der Waals surface area (Å²) < 4.78 is 4.92. The van der Waals surface area contributed by atoms with Gasteiger partial charge >= 0.3 is 5.97 Å². The molecular formula is C12H11NO4. The van der Waals surface area contributed by atoms with Gasteiger partial charge in [0.15, 0.2) is 0 Å². The molecule has 0 aliphatic carbocycles. The molecule has 0 saturated carbocycles. The van der Waals surface area contributed by atoms with Crippen molar-refractivity contribution in [3.05, 3.63) is 29.3 Å². The maximum Gasteiger partial charge on any atom is 0.337 e. The first-order valence-electron chi connectivity index (χ1n) is 4.73. The Kier molecular flexibility index (Phi) is 4.12. The maximum atomic E-state index is 11.0. The normalized spacial score (nSPS) is 9.00. The molecule has 1 rings (SSSR count). The summed E-state index contributed by atoms with van der Waals surface area (Å²) in [5, 5.41) is 8.98. The lowest BCUT2D eigenvalue weighted by Gasteiger charge is -2.03. The first-order valence-corrected chi connectivity index (χ1v) is 4.73. The van der Waals surface area contributed by atoms with Gasteiger partial charge in [0.1, 0.15) is 5.75 Å². The molecule has 0 aliphatic rings. The maximum absolute atomic E-state index is 11.0. The van der Waals surface area contributed by atoms with E-state index in [0.717, 1.165) is 0 Å². The standard InChI is InChI=1S/C12H11NO4/c1-17-9-6-5-8(3-2-4-11(13)14)10(7-9)12(15)16/h5-7H,4H2,1H3,(H2,13,14)(H,15,16). The van der Waals surface area contributed by atoms with E-state index in [1.807, 2.05) is 0 Å². The van der Waals surface area contributed by atoms with E-state index < -0.39 is 11.9 Å². The van der Waals surface area contributed by atoms with Crippen LogP contribution >= 0.6 is 0 Å². The number of carbonyl (C=O) groups excluding carboxylic acids is 1. The molecule has 88 valence electrons. The second-order valence-corrected chi connectivity index (χ2v) is 3.16. The fourth-order valence-electron chi connectivity index (χ4n) is 1.16. The molecule has 0 heterocycles. The molecular weight excluding hydrogens is 222 g/mol. The Morgan fingerprint density at radius 2 is 2.18 bits per heavy atom. The summed E-state index contributed by atoms with van der Waals surface area (Å²) in [7, 11) is 1.44. The third-order valence-corrected chi connectivity index (χ3v) is 1.94. The number of benzene rings is 1. The van der Waals surface area contributed by atoms with Gasteiger partial charge in [0.2, 0.25) is 5.91 Å². The number of nitrogens with two attached hydrogens (primary N) is 1. The van der Waals surface area contributed by atoms with E-state index in [-0.39, 0.29) is 12.0 Å². The smallest absolute Gasteiger partial charge is 0.337 e. The lowest BCUT2D eigenvalue weighted by atomic mass is 10.1. The molecule has 1 aromatic carbocycles. The Bertz CT molecular complexity index is 511. The fraction of sp³-hybridized carbons (Fsp3) is 0.167. The van der Waals surface area contributed by atoms with Crippen LogP contribution in [0.25, 0.3) is 0 Å². The number of hydrogen-bond acceptors (Lipinski definition) is 3. The minimum atomic E-state index is -1.10. The molecule has 0 unspecified atom stereocenters. The zero-order valence-corrected chi connectivity index (χ0v) is 9.19. The van der Waals surface area contributed by atoms with Crippen molar-refractivity contribution >= 4 is 11.9 Å². The summed E-state index contributed by atoms with van der Waals surface area (Å²) in [6.45, 7) is 0. The molecule has 3 N–H and O–H groups in total. The van der Waals surface area contributed by atoms with Crippen LogP contribution in [0.15, 0.2) is 18.2 Å². The average Bonchev–Trinajstić information content (AvgIpc) is 2.28. The summed E-state index contributed by atoms with van der Waals surface area (Å²) in [6.07, 6.45) is -0.106. The topological polar surface area (TPSA) is 89.6 Å². The molecule has 17 heavy (non-hydrogen) atoms. The Hall–Kier alpha value is -2.48. The predicted molar refractivity (Wildman–Crippen MR) is 60.6 cm³/mol. The van der Waals surface area contributed by atoms with Crippen molar-refractivity contribution in [2.24, 2.45) is 5.73 Å². The zero-order valence-electron chi connectivity index (χ0n) is 9.19. The van der Waals surface area contributed by atoms with Gasteiger partial charge in [0.25, 0.3) is 0 Å². The van der Waals surface area contributed by atoms with E-state index >= 15 is 0 Å². The third-order valence-electron chi connectivity index (χ3n) is 1.94. The number of rotatable bonds is 3. The Morgan fingerprint density at radius 3 is 2.71 bits per heavy atom. The SMILES string of the molecule is COc1ccc(C#CCC(N)=O)c(C(=O)O)c1. The van der Waals surface area contributed by atoms with Crippen LogP contribution in [0.4, 0.5) is 0 Å². The number of primary amides is 1. The Balaban J connectivity index is 3.09. The second-order valence-electron chi connectivity index (χ2n) is 3.16. The summed E-state index contributed by atoms with van der Waals surface area (Å²) >= 11 is 0. The molecule has 0 spiro atoms. The van der Waals surface area contributed by atoms with Crippen LogP contribution in [-0.4, -0.2) is 24.1 Å². The van der Waals surface area contributed by atoms with Gasteiger partial charge in [-0.05, 0) is 18.2 Å². The number of carboxylic acids is 1. The largest absolute Gasteiger partial charge is 0.497 e. The lowest BCUT2D eigenvalue weighted by molar-refractivity contribution is -0.117. The molecule has 0 radical (unpaired) electrons. The van der Waals surface area contributed by atoms with Gasteiger partial charge < -0.3 is 15.6 Å². The van der Waals surface area contributed by atoms with Crippen LogP contribution < -0.4 is 10.5 Å². The molecule has 1 aromatic rings. The van der Waals surface area contributed by atoms with Gasteiger partial charge in [-0.3, -0.25) is 4.79 Å². The van der Waals surface area contributed by atoms with Crippen LogP contribution in [-0.2, 0) is 4.79 Å². The Labute approximate surface area is 98.2 Å². The van der Waals surface area contributed by atoms with Crippen LogP contribution in [0.2, 0.25) is 0 Å². The van der Waals surface area contributed by atoms with Crippen molar-refractivity contribution in [3.63, 3.8) is 0 Å². The van der Waals surface area contributed by atoms with Gasteiger partial charge in [-0.15, -0.1) is 0 Å². The first-order chi connectivity index (χ1) is 8.04. The average molecular weight is 233 g/mol. The van der Waals surface area contributed by atoms with Crippen LogP contribution in [0, 0.1) is 11.8 Å². The molecule has 0 saturated heterocycles. The minimum absolute atomic E-state index is 0.0290. The number of carboxylic acid groups (broad SMARTS) is 1. The van der Waals surface area contributed by atoms with E-state index in [2.05, 4.69) is 11.8 Å². The van der Waals surface area contributed by atoms with Crippen LogP contribution in [0.3, 0.4) is 0 Å². The summed E-state index contributed by atoms with van der Waals surface area (Å²) in [6, 6.07) is 4.49. The molecule has 0 aromatic heterocycles. The number of carbonyl (C=O) groups is 2. The highest BCUT2D eigenvalue weighted by Gasteiger charge is 2.09. The van der Waals surface area contributed by atoms with Crippen molar-refractivity contribution < 1.29 is 19.4 Å². The molecule has 5 heteroatoms. The predicted octanol–water partition coefficient (Wildman–Crippen LogP) is 0.620. The van der Waals surface area contributed by atoms with E-state index in [1.54, 1.807) is 6.07 Å². The van der Waals surface area contributed by atoms with Crippen LogP contribution in [0.5, 0.6) is 5.75 Å². The highest BCUT2D eigenvalue weighted by molar-refractivity contribution is 5.91. The zero-order chi connectivity index (χ0) is 12.8. The highest BCUT2D eigenvalue weighted by atomic mass is 16.5. The van der Waals surface area contributed by atoms with E-state index in [0.29, 0.717) is 11.3 Å². The molecule has 0 atom stereocenters. The number of methoxy groups -OCH3 is 1. The molecule has 0 bridgehead atoms. The lowest BCUT2D eigenvalue weighted by Crippen LogP contribution is -2.08. The van der Waals surface area contributed by atoms with Crippen molar-refractivity contribution in [2.75, 3.05) is 7.11 Å². The highest BCUT2D eigenvalue weighted by Crippen LogP contribution is 2.17. The van der Waals surface area contributed by atoms with Crippen molar-refractivity contribution in [3.8, 4) is 17.6 Å². The number of ether oxygens (including phenoxy) is 1. The van der Waals surface area contributed by atoms with Gasteiger partial charge in [0, 0.05) is 5.56 Å². The minimum Gasteiger partial charge on any atom is -0.497 e. The number of aromatic carboxylic acids is 1. The van der Waals surface area contributed by atoms with Gasteiger partial charge in [-0.1, -0.05) is 11.8 Å². The third kappa shape index (κ3) is 3.54. The van der Waals surface area contributed by atoms with Gasteiger partial charge in [-0.2, -0.15) is 0 Å². The van der Waals surface area contributed by atoms with Crippen molar-refractivity contribution in [2.45, 2.75) is 6.42 Å². The first kappa shape index (κ1) is 12.6. The Morgan fingerprint density at radius 1 is 1.47 bits per heavy atom. The molecule has 5 nitrogen and oxygen atoms in total. The van der Waals surface area contributed by atoms with Crippen molar-refractivity contribution in [1.82, 2.24) is 0 Å². The van der Waals surface area contributed by atoms with E-state index in [9.17, 15) is 9.59 Å². The van der Waals surface area contributed by atoms with E-state index in [4.69, 9.17) is 15.6 Å². The summed E-state index contributed by atoms with van der Waals surface area (Å²) in [5.74, 6) is 3.87. The molecule has 0 aliphatic heterocycles. The van der Waals surface area contributed by atoms with Crippen LogP contribution in [0.1, 0.15) is 22.3 Å². The van der Waals surface area contributed by atoms with Gasteiger partial charge in [0.05, 0.1) is 19.1 Å². The number of hydrogen-bond donors (Lipinski definition) is 2. The second kappa shape index (κ2) is 5.56. The summed E-state index contributed by atoms with van der Waals surface area (Å²) in [4.78, 5) is 21.5. The number of amides is 1. The van der Waals surface area contributed by atoms with Crippen molar-refractivity contribution in [1.29, 1.82) is 0 Å². The monoisotopic (exact) mass is 233 g/mol. The quantitative estimate of drug-likeness (QED) is 0.749. The van der Waals surface area contributed by atoms with Gasteiger partial charge in [-0.25, -0.2) is 4.79 Å². The molecule has 0 fully saturated rings.